The predicted molar refractivity (Wildman–Crippen MR) is 45.8 cm³/mol. The summed E-state index contributed by atoms with van der Waals surface area (Å²) in [6.07, 6.45) is 0.571. The minimum Gasteiger partial charge on any atom is -0.605 e. The zero-order chi connectivity index (χ0) is 8.48. The summed E-state index contributed by atoms with van der Waals surface area (Å²) < 4.78 is 10.9. The van der Waals surface area contributed by atoms with Crippen molar-refractivity contribution in [3.63, 3.8) is 0 Å². The normalized spacial score (nSPS) is 37.5. The van der Waals surface area contributed by atoms with Gasteiger partial charge in [0.25, 0.3) is 0 Å². The summed E-state index contributed by atoms with van der Waals surface area (Å²) in [6, 6.07) is 0. The van der Waals surface area contributed by atoms with Crippen LogP contribution in [0.1, 0.15) is 13.3 Å². The minimum atomic E-state index is -0.977. The number of rotatable bonds is 2. The van der Waals surface area contributed by atoms with Crippen LogP contribution in [-0.4, -0.2) is 27.1 Å². The standard InChI is InChI=1S/C6H10O3S2/c1-2-6(5(7)8)3-10-11(9)4-6/h2-4H2,1H3,(H,7,8). The highest BCUT2D eigenvalue weighted by atomic mass is 33.1. The second kappa shape index (κ2) is 3.25. The maximum atomic E-state index is 10.9. The Balaban J connectivity index is 2.70. The van der Waals surface area contributed by atoms with Gasteiger partial charge in [-0.3, -0.25) is 4.79 Å². The number of carbonyl (C=O) groups is 1. The van der Waals surface area contributed by atoms with Gasteiger partial charge in [-0.25, -0.2) is 0 Å². The van der Waals surface area contributed by atoms with Gasteiger partial charge in [-0.2, -0.15) is 0 Å². The Morgan fingerprint density at radius 3 is 2.73 bits per heavy atom. The molecule has 2 atom stereocenters. The first kappa shape index (κ1) is 9.22. The molecule has 0 radical (unpaired) electrons. The molecule has 1 saturated heterocycles. The van der Waals surface area contributed by atoms with Gasteiger partial charge in [0.1, 0.15) is 11.2 Å². The van der Waals surface area contributed by atoms with Crippen LogP contribution in [-0.2, 0) is 15.0 Å². The van der Waals surface area contributed by atoms with Crippen molar-refractivity contribution < 1.29 is 14.5 Å². The van der Waals surface area contributed by atoms with Crippen molar-refractivity contribution >= 4 is 27.0 Å². The molecule has 0 bridgehead atoms. The number of hydrogen-bond acceptors (Lipinski definition) is 3. The lowest BCUT2D eigenvalue weighted by atomic mass is 9.90. The highest BCUT2D eigenvalue weighted by Crippen LogP contribution is 2.40. The van der Waals surface area contributed by atoms with Crippen molar-refractivity contribution in [1.82, 2.24) is 0 Å². The number of aliphatic carboxylic acids is 1. The molecule has 11 heavy (non-hydrogen) atoms. The molecule has 64 valence electrons. The zero-order valence-corrected chi connectivity index (χ0v) is 7.83. The van der Waals surface area contributed by atoms with E-state index in [1.807, 2.05) is 6.92 Å². The van der Waals surface area contributed by atoms with Crippen LogP contribution in [0.5, 0.6) is 0 Å². The fourth-order valence-electron chi connectivity index (χ4n) is 0.966. The lowest BCUT2D eigenvalue weighted by molar-refractivity contribution is -0.146. The number of carboxylic acid groups (broad SMARTS) is 1. The summed E-state index contributed by atoms with van der Waals surface area (Å²) in [5.41, 5.74) is -0.713. The Morgan fingerprint density at radius 2 is 2.55 bits per heavy atom. The fraction of sp³-hybridized carbons (Fsp3) is 0.833. The molecule has 5 heteroatoms. The number of carboxylic acids is 1. The van der Waals surface area contributed by atoms with E-state index in [-0.39, 0.29) is 0 Å². The molecule has 1 aliphatic heterocycles. The molecule has 3 nitrogen and oxygen atoms in total. The Bertz CT molecular complexity index is 173. The summed E-state index contributed by atoms with van der Waals surface area (Å²) in [5.74, 6) is -0.00654. The van der Waals surface area contributed by atoms with Gasteiger partial charge in [0, 0.05) is 10.2 Å². The van der Waals surface area contributed by atoms with Gasteiger partial charge in [-0.15, -0.1) is 0 Å². The lowest BCUT2D eigenvalue weighted by Gasteiger charge is -2.16. The molecule has 0 aliphatic carbocycles. The van der Waals surface area contributed by atoms with Gasteiger partial charge in [-0.1, -0.05) is 6.92 Å². The molecule has 1 N–H and O–H groups in total. The summed E-state index contributed by atoms with van der Waals surface area (Å²) in [4.78, 5) is 10.8. The van der Waals surface area contributed by atoms with Crippen molar-refractivity contribution in [2.75, 3.05) is 11.5 Å². The maximum absolute atomic E-state index is 10.9. The van der Waals surface area contributed by atoms with Gasteiger partial charge in [0.2, 0.25) is 0 Å². The average Bonchev–Trinajstić information content (AvgIpc) is 2.33. The second-order valence-electron chi connectivity index (χ2n) is 2.65. The Hall–Kier alpha value is 0.130. The highest BCUT2D eigenvalue weighted by molar-refractivity contribution is 8.72. The smallest absolute Gasteiger partial charge is 0.315 e. The summed E-state index contributed by atoms with van der Waals surface area (Å²) in [5, 5.41) is 8.83. The highest BCUT2D eigenvalue weighted by Gasteiger charge is 2.48. The van der Waals surface area contributed by atoms with Crippen molar-refractivity contribution in [3.8, 4) is 0 Å². The quantitative estimate of drug-likeness (QED) is 0.523. The molecule has 1 heterocycles. The van der Waals surface area contributed by atoms with E-state index in [2.05, 4.69) is 0 Å². The van der Waals surface area contributed by atoms with Crippen LogP contribution in [0.25, 0.3) is 0 Å². The Kier molecular flexibility index (Phi) is 2.72. The molecule has 0 aromatic carbocycles. The maximum Gasteiger partial charge on any atom is 0.315 e. The molecule has 1 aliphatic rings. The Morgan fingerprint density at radius 1 is 1.91 bits per heavy atom. The molecule has 0 amide bonds. The molecule has 1 rings (SSSR count). The summed E-state index contributed by atoms with van der Waals surface area (Å²) in [6.45, 7) is 1.83. The van der Waals surface area contributed by atoms with Gasteiger partial charge in [-0.05, 0) is 6.42 Å². The largest absolute Gasteiger partial charge is 0.605 e. The molecule has 0 saturated carbocycles. The van der Waals surface area contributed by atoms with Crippen LogP contribution in [0, 0.1) is 5.41 Å². The van der Waals surface area contributed by atoms with Gasteiger partial charge in [0.05, 0.1) is 16.5 Å². The molecule has 2 unspecified atom stereocenters. The minimum absolute atomic E-state index is 0.309. The van der Waals surface area contributed by atoms with Crippen LogP contribution in [0.2, 0.25) is 0 Å². The van der Waals surface area contributed by atoms with E-state index in [1.54, 1.807) is 0 Å². The summed E-state index contributed by atoms with van der Waals surface area (Å²) in [7, 11) is 0.272. The third-order valence-corrected chi connectivity index (χ3v) is 5.21. The van der Waals surface area contributed by atoms with E-state index < -0.39 is 21.6 Å². The van der Waals surface area contributed by atoms with E-state index in [4.69, 9.17) is 5.11 Å². The van der Waals surface area contributed by atoms with Crippen LogP contribution in [0.3, 0.4) is 0 Å². The predicted octanol–water partition coefficient (Wildman–Crippen LogP) is 0.878. The molecular formula is C6H10O3S2. The van der Waals surface area contributed by atoms with E-state index in [1.165, 1.54) is 10.8 Å². The van der Waals surface area contributed by atoms with Crippen LogP contribution < -0.4 is 0 Å². The topological polar surface area (TPSA) is 60.4 Å². The first-order valence-corrected chi connectivity index (χ1v) is 6.18. The van der Waals surface area contributed by atoms with E-state index in [0.717, 1.165) is 0 Å². The van der Waals surface area contributed by atoms with Crippen molar-refractivity contribution in [2.24, 2.45) is 5.41 Å². The van der Waals surface area contributed by atoms with Crippen molar-refractivity contribution in [3.05, 3.63) is 0 Å². The van der Waals surface area contributed by atoms with Crippen LogP contribution in [0.4, 0.5) is 0 Å². The van der Waals surface area contributed by atoms with Crippen molar-refractivity contribution in [1.29, 1.82) is 0 Å². The second-order valence-corrected chi connectivity index (χ2v) is 5.89. The molecule has 0 aromatic rings. The first-order chi connectivity index (χ1) is 5.10. The average molecular weight is 194 g/mol. The molecule has 1 fully saturated rings. The SMILES string of the molecule is CCC1(C(=O)O)CS[S+]([O-])C1. The zero-order valence-electron chi connectivity index (χ0n) is 6.20. The lowest BCUT2D eigenvalue weighted by Crippen LogP contribution is -2.33. The number of hydrogen-bond donors (Lipinski definition) is 1. The van der Waals surface area contributed by atoms with E-state index >= 15 is 0 Å². The fourth-order valence-corrected chi connectivity index (χ4v) is 4.84. The van der Waals surface area contributed by atoms with Crippen molar-refractivity contribution in [2.45, 2.75) is 13.3 Å². The third-order valence-electron chi connectivity index (χ3n) is 1.99. The molecule has 0 aromatic heterocycles. The summed E-state index contributed by atoms with van der Waals surface area (Å²) >= 11 is 0. The van der Waals surface area contributed by atoms with Gasteiger partial charge in [0.15, 0.2) is 0 Å². The monoisotopic (exact) mass is 194 g/mol. The van der Waals surface area contributed by atoms with Crippen LogP contribution >= 0.6 is 10.8 Å². The third kappa shape index (κ3) is 1.65. The van der Waals surface area contributed by atoms with Gasteiger partial charge < -0.3 is 9.66 Å². The Labute approximate surface area is 72.1 Å². The molecular weight excluding hydrogens is 184 g/mol. The molecule has 0 spiro atoms. The van der Waals surface area contributed by atoms with Gasteiger partial charge >= 0.3 is 5.97 Å². The van der Waals surface area contributed by atoms with E-state index in [9.17, 15) is 9.35 Å². The van der Waals surface area contributed by atoms with Crippen LogP contribution in [0.15, 0.2) is 0 Å². The van der Waals surface area contributed by atoms with E-state index in [0.29, 0.717) is 17.9 Å². The first-order valence-electron chi connectivity index (χ1n) is 3.36.